The van der Waals surface area contributed by atoms with Gasteiger partial charge in [-0.2, -0.15) is 0 Å². The minimum atomic E-state index is -0.191. The summed E-state index contributed by atoms with van der Waals surface area (Å²) < 4.78 is 5.41. The summed E-state index contributed by atoms with van der Waals surface area (Å²) in [5.41, 5.74) is 1.27. The molecule has 2 aromatic rings. The van der Waals surface area contributed by atoms with E-state index in [2.05, 4.69) is 10.3 Å². The summed E-state index contributed by atoms with van der Waals surface area (Å²) in [5.74, 6) is -0.0843. The molecule has 1 atom stereocenters. The molecule has 1 heterocycles. The second-order valence-corrected chi connectivity index (χ2v) is 4.38. The Labute approximate surface area is 111 Å². The maximum Gasteiger partial charge on any atom is 0.264 e. The van der Waals surface area contributed by atoms with Gasteiger partial charge in [-0.25, -0.2) is 4.98 Å². The SMILES string of the molecule is CCC[C@@H](CC(=O)c1nc2ccccc2o1)NC=O. The molecular weight excluding hydrogens is 244 g/mol. The number of hydrogen-bond donors (Lipinski definition) is 1. The Bertz CT molecular complexity index is 544. The van der Waals surface area contributed by atoms with Crippen LogP contribution in [-0.2, 0) is 4.79 Å². The van der Waals surface area contributed by atoms with Crippen LogP contribution < -0.4 is 5.32 Å². The van der Waals surface area contributed by atoms with Crippen LogP contribution in [0.1, 0.15) is 36.9 Å². The van der Waals surface area contributed by atoms with Gasteiger partial charge in [-0.05, 0) is 18.6 Å². The van der Waals surface area contributed by atoms with Gasteiger partial charge in [0.15, 0.2) is 5.58 Å². The molecule has 1 aromatic carbocycles. The average molecular weight is 260 g/mol. The van der Waals surface area contributed by atoms with E-state index >= 15 is 0 Å². The fraction of sp³-hybridized carbons (Fsp3) is 0.357. The Morgan fingerprint density at radius 3 is 2.95 bits per heavy atom. The van der Waals surface area contributed by atoms with Crippen LogP contribution in [0.2, 0.25) is 0 Å². The number of carbonyl (C=O) groups excluding carboxylic acids is 2. The summed E-state index contributed by atoms with van der Waals surface area (Å²) in [6.45, 7) is 2.00. The zero-order valence-electron chi connectivity index (χ0n) is 10.8. The number of amides is 1. The topological polar surface area (TPSA) is 72.2 Å². The number of ketones is 1. The van der Waals surface area contributed by atoms with Crippen LogP contribution in [0.25, 0.3) is 11.1 Å². The van der Waals surface area contributed by atoms with E-state index in [1.165, 1.54) is 0 Å². The molecule has 0 saturated carbocycles. The lowest BCUT2D eigenvalue weighted by Gasteiger charge is -2.12. The highest BCUT2D eigenvalue weighted by Crippen LogP contribution is 2.16. The van der Waals surface area contributed by atoms with Crippen LogP contribution in [0.3, 0.4) is 0 Å². The molecule has 100 valence electrons. The van der Waals surface area contributed by atoms with Crippen LogP contribution >= 0.6 is 0 Å². The summed E-state index contributed by atoms with van der Waals surface area (Å²) in [5, 5.41) is 2.65. The normalized spacial score (nSPS) is 12.3. The molecule has 0 fully saturated rings. The van der Waals surface area contributed by atoms with Gasteiger partial charge in [-0.3, -0.25) is 9.59 Å². The van der Waals surface area contributed by atoms with Gasteiger partial charge in [0, 0.05) is 12.5 Å². The van der Waals surface area contributed by atoms with Crippen molar-refractivity contribution in [2.75, 3.05) is 0 Å². The zero-order valence-corrected chi connectivity index (χ0v) is 10.8. The van der Waals surface area contributed by atoms with Gasteiger partial charge in [0.2, 0.25) is 12.2 Å². The van der Waals surface area contributed by atoms with E-state index in [-0.39, 0.29) is 24.1 Å². The molecule has 0 radical (unpaired) electrons. The maximum atomic E-state index is 12.1. The number of aromatic nitrogens is 1. The molecule has 5 heteroatoms. The van der Waals surface area contributed by atoms with E-state index in [0.29, 0.717) is 17.5 Å². The monoisotopic (exact) mass is 260 g/mol. The second kappa shape index (κ2) is 6.13. The number of oxazole rings is 1. The first-order valence-electron chi connectivity index (χ1n) is 6.33. The molecule has 0 aliphatic heterocycles. The van der Waals surface area contributed by atoms with E-state index < -0.39 is 0 Å². The number of rotatable bonds is 7. The summed E-state index contributed by atoms with van der Waals surface area (Å²) in [6, 6.07) is 7.07. The van der Waals surface area contributed by atoms with Gasteiger partial charge in [0.25, 0.3) is 5.89 Å². The molecule has 0 saturated heterocycles. The lowest BCUT2D eigenvalue weighted by atomic mass is 10.1. The Kier molecular flexibility index (Phi) is 4.28. The predicted octanol–water partition coefficient (Wildman–Crippen LogP) is 2.32. The zero-order chi connectivity index (χ0) is 13.7. The highest BCUT2D eigenvalue weighted by Gasteiger charge is 2.18. The van der Waals surface area contributed by atoms with Gasteiger partial charge < -0.3 is 9.73 Å². The smallest absolute Gasteiger partial charge is 0.264 e. The molecule has 0 unspecified atom stereocenters. The Morgan fingerprint density at radius 2 is 2.26 bits per heavy atom. The van der Waals surface area contributed by atoms with Crippen molar-refractivity contribution in [3.05, 3.63) is 30.2 Å². The minimum Gasteiger partial charge on any atom is -0.434 e. The number of fused-ring (bicyclic) bond motifs is 1. The number of Topliss-reactive ketones (excluding diaryl/α,β-unsaturated/α-hetero) is 1. The van der Waals surface area contributed by atoms with Crippen molar-refractivity contribution < 1.29 is 14.0 Å². The van der Waals surface area contributed by atoms with Crippen molar-refractivity contribution in [3.8, 4) is 0 Å². The fourth-order valence-corrected chi connectivity index (χ4v) is 1.99. The highest BCUT2D eigenvalue weighted by atomic mass is 16.4. The summed E-state index contributed by atoms with van der Waals surface area (Å²) >= 11 is 0. The highest BCUT2D eigenvalue weighted by molar-refractivity contribution is 5.94. The van der Waals surface area contributed by atoms with E-state index in [1.54, 1.807) is 12.1 Å². The summed E-state index contributed by atoms with van der Waals surface area (Å²) in [6.07, 6.45) is 2.48. The standard InChI is InChI=1S/C14H16N2O3/c1-2-5-10(15-9-17)8-12(18)14-16-11-6-3-4-7-13(11)19-14/h3-4,6-7,9-10H,2,5,8H2,1H3,(H,15,17)/t10-/m0/s1. The van der Waals surface area contributed by atoms with Crippen molar-refractivity contribution in [2.45, 2.75) is 32.2 Å². The summed E-state index contributed by atoms with van der Waals surface area (Å²) in [4.78, 5) is 26.7. The second-order valence-electron chi connectivity index (χ2n) is 4.38. The average Bonchev–Trinajstić information content (AvgIpc) is 2.83. The van der Waals surface area contributed by atoms with Crippen LogP contribution in [0.4, 0.5) is 0 Å². The summed E-state index contributed by atoms with van der Waals surface area (Å²) in [7, 11) is 0. The van der Waals surface area contributed by atoms with Gasteiger partial charge in [-0.1, -0.05) is 25.5 Å². The van der Waals surface area contributed by atoms with E-state index in [1.807, 2.05) is 19.1 Å². The van der Waals surface area contributed by atoms with E-state index in [4.69, 9.17) is 4.42 Å². The fourth-order valence-electron chi connectivity index (χ4n) is 1.99. The molecule has 1 N–H and O–H groups in total. The first-order chi connectivity index (χ1) is 9.24. The van der Waals surface area contributed by atoms with Gasteiger partial charge >= 0.3 is 0 Å². The van der Waals surface area contributed by atoms with Crippen LogP contribution in [0.15, 0.2) is 28.7 Å². The number of hydrogen-bond acceptors (Lipinski definition) is 4. The third-order valence-electron chi connectivity index (χ3n) is 2.91. The largest absolute Gasteiger partial charge is 0.434 e. The van der Waals surface area contributed by atoms with Crippen molar-refractivity contribution in [1.29, 1.82) is 0 Å². The third kappa shape index (κ3) is 3.19. The van der Waals surface area contributed by atoms with Crippen molar-refractivity contribution in [3.63, 3.8) is 0 Å². The quantitative estimate of drug-likeness (QED) is 0.612. The molecule has 0 aliphatic carbocycles. The van der Waals surface area contributed by atoms with E-state index in [0.717, 1.165) is 12.8 Å². The molecule has 1 aromatic heterocycles. The molecule has 0 spiro atoms. The molecular formula is C14H16N2O3. The Morgan fingerprint density at radius 1 is 1.47 bits per heavy atom. The lowest BCUT2D eigenvalue weighted by Crippen LogP contribution is -2.30. The van der Waals surface area contributed by atoms with Gasteiger partial charge in [0.05, 0.1) is 0 Å². The lowest BCUT2D eigenvalue weighted by molar-refractivity contribution is -0.110. The first-order valence-corrected chi connectivity index (χ1v) is 6.33. The third-order valence-corrected chi connectivity index (χ3v) is 2.91. The van der Waals surface area contributed by atoms with Crippen molar-refractivity contribution in [2.24, 2.45) is 0 Å². The first kappa shape index (κ1) is 13.3. The molecule has 5 nitrogen and oxygen atoms in total. The maximum absolute atomic E-state index is 12.1. The minimum absolute atomic E-state index is 0.106. The predicted molar refractivity (Wildman–Crippen MR) is 70.9 cm³/mol. The number of para-hydroxylation sites is 2. The van der Waals surface area contributed by atoms with Crippen molar-refractivity contribution >= 4 is 23.3 Å². The Hall–Kier alpha value is -2.17. The number of benzene rings is 1. The van der Waals surface area contributed by atoms with Crippen molar-refractivity contribution in [1.82, 2.24) is 10.3 Å². The van der Waals surface area contributed by atoms with Crippen LogP contribution in [0, 0.1) is 0 Å². The molecule has 0 bridgehead atoms. The Balaban J connectivity index is 2.11. The van der Waals surface area contributed by atoms with Gasteiger partial charge in [-0.15, -0.1) is 0 Å². The number of nitrogens with one attached hydrogen (secondary N) is 1. The van der Waals surface area contributed by atoms with Crippen LogP contribution in [0.5, 0.6) is 0 Å². The molecule has 2 rings (SSSR count). The molecule has 1 amide bonds. The number of carbonyl (C=O) groups is 2. The van der Waals surface area contributed by atoms with Gasteiger partial charge in [0.1, 0.15) is 5.52 Å². The number of nitrogens with zero attached hydrogens (tertiary/aromatic N) is 1. The van der Waals surface area contributed by atoms with Crippen LogP contribution in [-0.4, -0.2) is 23.2 Å². The molecule has 0 aliphatic rings. The molecule has 19 heavy (non-hydrogen) atoms. The van der Waals surface area contributed by atoms with E-state index in [9.17, 15) is 9.59 Å².